The van der Waals surface area contributed by atoms with Gasteiger partial charge in [0.05, 0.1) is 22.0 Å². The second kappa shape index (κ2) is 14.0. The fraction of sp³-hybridized carbons (Fsp3) is 0.192. The highest BCUT2D eigenvalue weighted by atomic mass is 127. The highest BCUT2D eigenvalue weighted by Crippen LogP contribution is 2.35. The van der Waals surface area contributed by atoms with Gasteiger partial charge in [0, 0.05) is 20.1 Å². The number of hydrogen-bond acceptors (Lipinski definition) is 5. The number of carbonyl (C=O) groups is 2. The van der Waals surface area contributed by atoms with Crippen LogP contribution in [0.5, 0.6) is 11.5 Å². The molecule has 0 aliphatic heterocycles. The van der Waals surface area contributed by atoms with E-state index in [-0.39, 0.29) is 12.5 Å². The maximum absolute atomic E-state index is 12.4. The number of nitrogens with zero attached hydrogens (tertiary/aromatic N) is 1. The molecule has 0 bridgehead atoms. The summed E-state index contributed by atoms with van der Waals surface area (Å²) in [6, 6.07) is 15.0. The third-order valence-electron chi connectivity index (χ3n) is 4.97. The maximum Gasteiger partial charge on any atom is 0.262 e. The van der Waals surface area contributed by atoms with Gasteiger partial charge in [0.25, 0.3) is 11.8 Å². The molecule has 0 radical (unpaired) electrons. The molecule has 3 aromatic carbocycles. The van der Waals surface area contributed by atoms with Crippen LogP contribution < -0.4 is 20.2 Å². The van der Waals surface area contributed by atoms with Crippen molar-refractivity contribution in [3.05, 3.63) is 89.4 Å². The molecule has 3 aromatic rings. The van der Waals surface area contributed by atoms with Crippen LogP contribution >= 0.6 is 61.7 Å². The molecular formula is C26H23BrCl2IN3O4. The number of benzene rings is 3. The highest BCUT2D eigenvalue weighted by Gasteiger charge is 2.18. The van der Waals surface area contributed by atoms with E-state index in [4.69, 9.17) is 32.7 Å². The number of hydrazone groups is 1. The minimum absolute atomic E-state index is 0.235. The molecule has 0 heterocycles. The van der Waals surface area contributed by atoms with Gasteiger partial charge in [-0.05, 0) is 94.3 Å². The Morgan fingerprint density at radius 1 is 1.14 bits per heavy atom. The van der Waals surface area contributed by atoms with Crippen LogP contribution in [-0.4, -0.2) is 30.7 Å². The number of carbonyl (C=O) groups excluding carboxylic acids is 2. The SMILES string of the molecule is CCOc1cc(C=NNC(=O)C(C)NC(=O)c2ccccc2Br)cc(I)c1OCc1ccc(Cl)cc1Cl. The van der Waals surface area contributed by atoms with Crippen molar-refractivity contribution in [3.8, 4) is 11.5 Å². The van der Waals surface area contributed by atoms with Crippen molar-refractivity contribution in [3.63, 3.8) is 0 Å². The van der Waals surface area contributed by atoms with Crippen LogP contribution in [0.2, 0.25) is 10.0 Å². The quantitative estimate of drug-likeness (QED) is 0.140. The zero-order valence-electron chi connectivity index (χ0n) is 19.9. The summed E-state index contributed by atoms with van der Waals surface area (Å²) in [4.78, 5) is 24.8. The van der Waals surface area contributed by atoms with Crippen LogP contribution in [0.3, 0.4) is 0 Å². The number of hydrogen-bond donors (Lipinski definition) is 2. The lowest BCUT2D eigenvalue weighted by molar-refractivity contribution is -0.122. The number of nitrogens with one attached hydrogen (secondary N) is 2. The third-order valence-corrected chi connectivity index (χ3v) is 7.05. The Kier molecular flexibility index (Phi) is 11.0. The molecule has 1 unspecified atom stereocenters. The molecule has 0 aliphatic carbocycles. The van der Waals surface area contributed by atoms with Gasteiger partial charge >= 0.3 is 0 Å². The Morgan fingerprint density at radius 3 is 2.59 bits per heavy atom. The predicted octanol–water partition coefficient (Wildman–Crippen LogP) is 6.61. The average Bonchev–Trinajstić information content (AvgIpc) is 2.85. The molecule has 2 N–H and O–H groups in total. The minimum Gasteiger partial charge on any atom is -0.490 e. The van der Waals surface area contributed by atoms with Crippen molar-refractivity contribution in [1.29, 1.82) is 0 Å². The van der Waals surface area contributed by atoms with Crippen molar-refractivity contribution >= 4 is 79.8 Å². The van der Waals surface area contributed by atoms with Gasteiger partial charge in [-0.15, -0.1) is 0 Å². The smallest absolute Gasteiger partial charge is 0.262 e. The van der Waals surface area contributed by atoms with Gasteiger partial charge in [0.2, 0.25) is 0 Å². The molecular weight excluding hydrogens is 696 g/mol. The van der Waals surface area contributed by atoms with Gasteiger partial charge in [-0.25, -0.2) is 5.43 Å². The van der Waals surface area contributed by atoms with E-state index >= 15 is 0 Å². The molecule has 7 nitrogen and oxygen atoms in total. The highest BCUT2D eigenvalue weighted by molar-refractivity contribution is 14.1. The Morgan fingerprint density at radius 2 is 1.89 bits per heavy atom. The van der Waals surface area contributed by atoms with Gasteiger partial charge in [0.15, 0.2) is 11.5 Å². The largest absolute Gasteiger partial charge is 0.490 e. The Labute approximate surface area is 247 Å². The van der Waals surface area contributed by atoms with Crippen LogP contribution in [0.4, 0.5) is 0 Å². The molecule has 37 heavy (non-hydrogen) atoms. The van der Waals surface area contributed by atoms with E-state index in [1.807, 2.05) is 19.1 Å². The van der Waals surface area contributed by atoms with E-state index in [1.54, 1.807) is 49.4 Å². The predicted molar refractivity (Wildman–Crippen MR) is 158 cm³/mol. The lowest BCUT2D eigenvalue weighted by atomic mass is 10.2. The first-order valence-electron chi connectivity index (χ1n) is 11.1. The molecule has 2 amide bonds. The Bertz CT molecular complexity index is 1320. The van der Waals surface area contributed by atoms with Gasteiger partial charge in [0.1, 0.15) is 12.6 Å². The number of ether oxygens (including phenoxy) is 2. The molecule has 1 atom stereocenters. The monoisotopic (exact) mass is 717 g/mol. The summed E-state index contributed by atoms with van der Waals surface area (Å²) in [6.07, 6.45) is 1.49. The molecule has 3 rings (SSSR count). The van der Waals surface area contributed by atoms with Crippen LogP contribution in [0.1, 0.15) is 35.3 Å². The van der Waals surface area contributed by atoms with Crippen molar-refractivity contribution in [2.24, 2.45) is 5.10 Å². The van der Waals surface area contributed by atoms with Gasteiger partial charge < -0.3 is 14.8 Å². The van der Waals surface area contributed by atoms with Crippen molar-refractivity contribution in [2.75, 3.05) is 6.61 Å². The molecule has 11 heteroatoms. The normalized spacial score (nSPS) is 11.7. The molecule has 0 aliphatic rings. The van der Waals surface area contributed by atoms with Crippen molar-refractivity contribution in [2.45, 2.75) is 26.5 Å². The molecule has 0 saturated heterocycles. The van der Waals surface area contributed by atoms with E-state index < -0.39 is 11.9 Å². The van der Waals surface area contributed by atoms with Gasteiger partial charge in [-0.1, -0.05) is 41.4 Å². The summed E-state index contributed by atoms with van der Waals surface area (Å²) in [5, 5.41) is 7.75. The first-order valence-corrected chi connectivity index (χ1v) is 13.7. The summed E-state index contributed by atoms with van der Waals surface area (Å²) >= 11 is 17.7. The Hall–Kier alpha value is -2.34. The number of amides is 2. The van der Waals surface area contributed by atoms with Gasteiger partial charge in [-0.2, -0.15) is 5.10 Å². The molecule has 194 valence electrons. The standard InChI is InChI=1S/C26H23BrCl2IN3O4/c1-3-36-23-11-16(10-22(30)24(23)37-14-17-8-9-18(28)12-21(17)29)13-31-33-25(34)15(2)32-26(35)19-6-4-5-7-20(19)27/h4-13,15H,3,14H2,1-2H3,(H,32,35)(H,33,34). The third kappa shape index (κ3) is 8.33. The number of halogens is 4. The maximum atomic E-state index is 12.4. The van der Waals surface area contributed by atoms with Crippen LogP contribution in [-0.2, 0) is 11.4 Å². The first-order chi connectivity index (χ1) is 17.7. The van der Waals surface area contributed by atoms with Crippen LogP contribution in [0.25, 0.3) is 0 Å². The molecule has 0 spiro atoms. The van der Waals surface area contributed by atoms with Crippen LogP contribution in [0, 0.1) is 3.57 Å². The van der Waals surface area contributed by atoms with Gasteiger partial charge in [-0.3, -0.25) is 9.59 Å². The number of rotatable bonds is 10. The van der Waals surface area contributed by atoms with E-state index in [1.165, 1.54) is 6.21 Å². The summed E-state index contributed by atoms with van der Waals surface area (Å²) in [6.45, 7) is 4.12. The lowest BCUT2D eigenvalue weighted by Gasteiger charge is -2.15. The first kappa shape index (κ1) is 29.2. The average molecular weight is 719 g/mol. The molecule has 0 saturated carbocycles. The van der Waals surface area contributed by atoms with E-state index in [2.05, 4.69) is 54.4 Å². The minimum atomic E-state index is -0.800. The summed E-state index contributed by atoms with van der Waals surface area (Å²) in [7, 11) is 0. The molecule has 0 fully saturated rings. The van der Waals surface area contributed by atoms with Crippen LogP contribution in [0.15, 0.2) is 64.2 Å². The van der Waals surface area contributed by atoms with E-state index in [9.17, 15) is 9.59 Å². The lowest BCUT2D eigenvalue weighted by Crippen LogP contribution is -2.43. The zero-order chi connectivity index (χ0) is 26.9. The van der Waals surface area contributed by atoms with Crippen molar-refractivity contribution < 1.29 is 19.1 Å². The summed E-state index contributed by atoms with van der Waals surface area (Å²) < 4.78 is 13.2. The summed E-state index contributed by atoms with van der Waals surface area (Å²) in [5.74, 6) is 0.265. The molecule has 0 aromatic heterocycles. The second-order valence-corrected chi connectivity index (χ2v) is 10.6. The Balaban J connectivity index is 1.65. The topological polar surface area (TPSA) is 89.0 Å². The second-order valence-electron chi connectivity index (χ2n) is 7.70. The van der Waals surface area contributed by atoms with Crippen molar-refractivity contribution in [1.82, 2.24) is 10.7 Å². The fourth-order valence-electron chi connectivity index (χ4n) is 3.11. The fourth-order valence-corrected chi connectivity index (χ4v) is 4.82. The zero-order valence-corrected chi connectivity index (χ0v) is 25.1. The summed E-state index contributed by atoms with van der Waals surface area (Å²) in [5.41, 5.74) is 4.36. The van der Waals surface area contributed by atoms with E-state index in [0.717, 1.165) is 9.13 Å². The van der Waals surface area contributed by atoms with E-state index in [0.29, 0.717) is 43.8 Å².